The monoisotopic (exact) mass is 151 g/mol. The second kappa shape index (κ2) is 2.25. The minimum absolute atomic E-state index is 0.537. The Morgan fingerprint density at radius 2 is 2.36 bits per heavy atom. The van der Waals surface area contributed by atoms with E-state index in [1.165, 1.54) is 0 Å². The molecular weight excluding hydrogens is 146 g/mol. The maximum absolute atomic E-state index is 10.3. The third-order valence-corrected chi connectivity index (χ3v) is 1.42. The van der Waals surface area contributed by atoms with Crippen LogP contribution < -0.4 is 10.4 Å². The quantitative estimate of drug-likeness (QED) is 0.483. The van der Waals surface area contributed by atoms with E-state index in [1.807, 2.05) is 0 Å². The molecule has 0 atom stereocenters. The van der Waals surface area contributed by atoms with E-state index in [1.54, 1.807) is 18.2 Å². The molecule has 0 fully saturated rings. The molecule has 1 aliphatic rings. The zero-order valence-corrected chi connectivity index (χ0v) is 5.53. The normalized spacial score (nSPS) is 13.1. The number of benzene rings is 1. The summed E-state index contributed by atoms with van der Waals surface area (Å²) in [5.41, 5.74) is 3.81. The van der Waals surface area contributed by atoms with Crippen molar-refractivity contribution in [3.05, 3.63) is 23.8 Å². The molecule has 0 bridgehead atoms. The molecule has 0 amide bonds. The smallest absolute Gasteiger partial charge is 0.194 e. The zero-order chi connectivity index (χ0) is 7.68. The van der Waals surface area contributed by atoms with Gasteiger partial charge in [0.2, 0.25) is 0 Å². The Bertz CT molecular complexity index is 298. The number of rotatable bonds is 1. The highest BCUT2D eigenvalue weighted by Gasteiger charge is 2.12. The molecule has 1 aromatic carbocycles. The molecule has 0 aliphatic carbocycles. The second-order valence-corrected chi connectivity index (χ2v) is 2.14. The highest BCUT2D eigenvalue weighted by atomic mass is 17.3. The molecule has 1 N–H and O–H groups in total. The van der Waals surface area contributed by atoms with Crippen LogP contribution in [0.25, 0.3) is 0 Å². The molecule has 11 heavy (non-hydrogen) atoms. The third-order valence-electron chi connectivity index (χ3n) is 1.42. The van der Waals surface area contributed by atoms with Gasteiger partial charge in [-0.2, -0.15) is 0 Å². The van der Waals surface area contributed by atoms with Gasteiger partial charge in [0, 0.05) is 5.56 Å². The lowest BCUT2D eigenvalue weighted by Gasteiger charge is -1.92. The Kier molecular flexibility index (Phi) is 1.26. The van der Waals surface area contributed by atoms with Gasteiger partial charge in [-0.15, -0.1) is 0 Å². The molecule has 1 aliphatic heterocycles. The Hall–Kier alpha value is -1.55. The van der Waals surface area contributed by atoms with E-state index in [-0.39, 0.29) is 0 Å². The average molecular weight is 151 g/mol. The van der Waals surface area contributed by atoms with Gasteiger partial charge in [-0.3, -0.25) is 4.79 Å². The maximum atomic E-state index is 10.3. The highest BCUT2D eigenvalue weighted by Crippen LogP contribution is 2.29. The van der Waals surface area contributed by atoms with Crippen molar-refractivity contribution in [3.63, 3.8) is 0 Å². The van der Waals surface area contributed by atoms with Crippen LogP contribution in [0.5, 0.6) is 5.75 Å². The number of nitrogens with one attached hydrogen (secondary N) is 1. The molecule has 0 unspecified atom stereocenters. The van der Waals surface area contributed by atoms with E-state index in [0.717, 1.165) is 12.0 Å². The van der Waals surface area contributed by atoms with Gasteiger partial charge in [0.05, 0.1) is 0 Å². The molecule has 1 aromatic rings. The zero-order valence-electron chi connectivity index (χ0n) is 5.53. The van der Waals surface area contributed by atoms with Crippen LogP contribution in [0.15, 0.2) is 18.2 Å². The van der Waals surface area contributed by atoms with Gasteiger partial charge < -0.3 is 4.89 Å². The molecule has 0 spiro atoms. The first-order chi connectivity index (χ1) is 5.40. The number of carbonyl (C=O) groups is 1. The second-order valence-electron chi connectivity index (χ2n) is 2.14. The maximum Gasteiger partial charge on any atom is 0.194 e. The summed E-state index contributed by atoms with van der Waals surface area (Å²) >= 11 is 0. The predicted molar refractivity (Wildman–Crippen MR) is 37.2 cm³/mol. The van der Waals surface area contributed by atoms with Gasteiger partial charge in [-0.1, -0.05) is 4.99 Å². The minimum atomic E-state index is 0.537. The number of aldehydes is 1. The SMILES string of the molecule is O=Cc1ccc2c(c1)OON2. The van der Waals surface area contributed by atoms with Crippen LogP contribution in [0.4, 0.5) is 5.69 Å². The van der Waals surface area contributed by atoms with Crippen LogP contribution in [-0.4, -0.2) is 6.29 Å². The molecule has 4 heteroatoms. The van der Waals surface area contributed by atoms with Crippen molar-refractivity contribution in [2.24, 2.45) is 0 Å². The van der Waals surface area contributed by atoms with Gasteiger partial charge in [0.25, 0.3) is 0 Å². The van der Waals surface area contributed by atoms with E-state index in [9.17, 15) is 4.79 Å². The van der Waals surface area contributed by atoms with Crippen LogP contribution in [0.3, 0.4) is 0 Å². The van der Waals surface area contributed by atoms with Crippen LogP contribution >= 0.6 is 0 Å². The van der Waals surface area contributed by atoms with Crippen molar-refractivity contribution in [2.75, 3.05) is 5.48 Å². The third kappa shape index (κ3) is 0.929. The molecule has 1 heterocycles. The van der Waals surface area contributed by atoms with Crippen molar-refractivity contribution in [3.8, 4) is 5.75 Å². The van der Waals surface area contributed by atoms with Crippen molar-refractivity contribution < 1.29 is 14.7 Å². The van der Waals surface area contributed by atoms with Crippen molar-refractivity contribution in [1.82, 2.24) is 0 Å². The van der Waals surface area contributed by atoms with Crippen molar-refractivity contribution in [1.29, 1.82) is 0 Å². The summed E-state index contributed by atoms with van der Waals surface area (Å²) in [5.74, 6) is 0.537. The molecule has 0 radical (unpaired) electrons. The van der Waals surface area contributed by atoms with Gasteiger partial charge in [0.15, 0.2) is 5.75 Å². The molecule has 0 saturated carbocycles. The van der Waals surface area contributed by atoms with Crippen LogP contribution in [0, 0.1) is 0 Å². The lowest BCUT2D eigenvalue weighted by molar-refractivity contribution is -0.160. The Labute approximate surface area is 62.6 Å². The minimum Gasteiger partial charge on any atom is -0.312 e. The molecule has 0 aromatic heterocycles. The first-order valence-electron chi connectivity index (χ1n) is 3.09. The highest BCUT2D eigenvalue weighted by molar-refractivity contribution is 5.78. The summed E-state index contributed by atoms with van der Waals surface area (Å²) in [6, 6.07) is 4.99. The number of carbonyl (C=O) groups excluding carboxylic acids is 1. The summed E-state index contributed by atoms with van der Waals surface area (Å²) in [6.07, 6.45) is 0.752. The van der Waals surface area contributed by atoms with E-state index in [0.29, 0.717) is 11.3 Å². The molecule has 2 rings (SSSR count). The number of hydrogen-bond acceptors (Lipinski definition) is 4. The number of anilines is 1. The van der Waals surface area contributed by atoms with E-state index in [4.69, 9.17) is 0 Å². The Morgan fingerprint density at radius 1 is 1.45 bits per heavy atom. The average Bonchev–Trinajstić information content (AvgIpc) is 2.50. The molecule has 56 valence electrons. The first kappa shape index (κ1) is 6.18. The standard InChI is InChI=1S/C7H5NO3/c9-4-5-1-2-6-7(3-5)10-11-8-6/h1-4,8H. The van der Waals surface area contributed by atoms with Crippen LogP contribution in [-0.2, 0) is 4.99 Å². The van der Waals surface area contributed by atoms with Crippen molar-refractivity contribution >= 4 is 12.0 Å². The summed E-state index contributed by atoms with van der Waals surface area (Å²) in [6.45, 7) is 0. The number of fused-ring (bicyclic) bond motifs is 1. The summed E-state index contributed by atoms with van der Waals surface area (Å²) in [5, 5.41) is 0. The summed E-state index contributed by atoms with van der Waals surface area (Å²) in [7, 11) is 0. The Balaban J connectivity index is 2.48. The van der Waals surface area contributed by atoms with Crippen LogP contribution in [0.2, 0.25) is 0 Å². The lowest BCUT2D eigenvalue weighted by Crippen LogP contribution is -1.91. The van der Waals surface area contributed by atoms with Crippen LogP contribution in [0.1, 0.15) is 10.4 Å². The topological polar surface area (TPSA) is 47.6 Å². The Morgan fingerprint density at radius 3 is 3.18 bits per heavy atom. The molecular formula is C7H5NO3. The van der Waals surface area contributed by atoms with Gasteiger partial charge in [-0.05, 0) is 18.2 Å². The summed E-state index contributed by atoms with van der Waals surface area (Å²) in [4.78, 5) is 19.4. The fourth-order valence-electron chi connectivity index (χ4n) is 0.876. The predicted octanol–water partition coefficient (Wildman–Crippen LogP) is 1.15. The number of hydrogen-bond donors (Lipinski definition) is 1. The molecule has 4 nitrogen and oxygen atoms in total. The lowest BCUT2D eigenvalue weighted by atomic mass is 10.2. The van der Waals surface area contributed by atoms with E-state index >= 15 is 0 Å². The molecule has 0 saturated heterocycles. The first-order valence-corrected chi connectivity index (χ1v) is 3.09. The fourth-order valence-corrected chi connectivity index (χ4v) is 0.876. The van der Waals surface area contributed by atoms with Gasteiger partial charge in [-0.25, -0.2) is 5.48 Å². The van der Waals surface area contributed by atoms with Gasteiger partial charge in [0.1, 0.15) is 12.0 Å². The largest absolute Gasteiger partial charge is 0.312 e. The fraction of sp³-hybridized carbons (Fsp3) is 0. The van der Waals surface area contributed by atoms with E-state index in [2.05, 4.69) is 15.4 Å². The van der Waals surface area contributed by atoms with E-state index < -0.39 is 0 Å². The summed E-state index contributed by atoms with van der Waals surface area (Å²) < 4.78 is 0. The van der Waals surface area contributed by atoms with Crippen molar-refractivity contribution in [2.45, 2.75) is 0 Å². The van der Waals surface area contributed by atoms with Gasteiger partial charge >= 0.3 is 0 Å².